The van der Waals surface area contributed by atoms with Crippen LogP contribution in [-0.4, -0.2) is 35.3 Å². The number of furan rings is 1. The van der Waals surface area contributed by atoms with Crippen LogP contribution >= 0.6 is 0 Å². The zero-order chi connectivity index (χ0) is 12.0. The summed E-state index contributed by atoms with van der Waals surface area (Å²) >= 11 is 0. The average molecular weight is 234 g/mol. The first-order valence-corrected chi connectivity index (χ1v) is 5.71. The van der Waals surface area contributed by atoms with Gasteiger partial charge in [0.1, 0.15) is 6.26 Å². The fourth-order valence-electron chi connectivity index (χ4n) is 2.61. The van der Waals surface area contributed by atoms with E-state index in [0.29, 0.717) is 18.0 Å². The number of hydrogen-bond donors (Lipinski definition) is 1. The summed E-state index contributed by atoms with van der Waals surface area (Å²) in [7, 11) is 0. The lowest BCUT2D eigenvalue weighted by Gasteiger charge is -2.20. The van der Waals surface area contributed by atoms with Crippen molar-refractivity contribution in [2.75, 3.05) is 13.1 Å². The molecule has 2 aliphatic rings. The molecule has 5 nitrogen and oxygen atoms in total. The fraction of sp³-hybridized carbons (Fsp3) is 0.500. The third kappa shape index (κ3) is 1.62. The zero-order valence-electron chi connectivity index (χ0n) is 9.60. The maximum atomic E-state index is 11.9. The van der Waals surface area contributed by atoms with Crippen molar-refractivity contribution in [1.82, 2.24) is 10.2 Å². The fourth-order valence-corrected chi connectivity index (χ4v) is 2.61. The van der Waals surface area contributed by atoms with Gasteiger partial charge in [-0.3, -0.25) is 9.59 Å². The molecule has 0 unspecified atom stereocenters. The van der Waals surface area contributed by atoms with Gasteiger partial charge in [0.2, 0.25) is 5.91 Å². The molecular formula is C12H14N2O3. The molecule has 0 spiro atoms. The summed E-state index contributed by atoms with van der Waals surface area (Å²) in [6.07, 6.45) is 3.88. The van der Waals surface area contributed by atoms with E-state index in [1.165, 1.54) is 12.5 Å². The van der Waals surface area contributed by atoms with Crippen molar-refractivity contribution < 1.29 is 14.0 Å². The van der Waals surface area contributed by atoms with Crippen molar-refractivity contribution >= 4 is 11.8 Å². The Kier molecular flexibility index (Phi) is 2.05. The van der Waals surface area contributed by atoms with Crippen LogP contribution in [0.3, 0.4) is 0 Å². The van der Waals surface area contributed by atoms with E-state index in [0.717, 1.165) is 13.0 Å². The highest BCUT2D eigenvalue weighted by Crippen LogP contribution is 2.49. The lowest BCUT2D eigenvalue weighted by atomic mass is 10.2. The minimum atomic E-state index is -0.181. The van der Waals surface area contributed by atoms with Gasteiger partial charge in [-0.2, -0.15) is 0 Å². The summed E-state index contributed by atoms with van der Waals surface area (Å²) in [4.78, 5) is 25.0. The van der Waals surface area contributed by atoms with Crippen molar-refractivity contribution in [2.45, 2.75) is 18.9 Å². The van der Waals surface area contributed by atoms with Crippen molar-refractivity contribution in [1.29, 1.82) is 0 Å². The van der Waals surface area contributed by atoms with E-state index in [1.54, 1.807) is 17.9 Å². The highest BCUT2D eigenvalue weighted by atomic mass is 16.3. The minimum absolute atomic E-state index is 0.0779. The van der Waals surface area contributed by atoms with E-state index in [-0.39, 0.29) is 17.4 Å². The normalized spacial score (nSPS) is 29.9. The number of carbonyl (C=O) groups is 2. The Morgan fingerprint density at radius 1 is 1.59 bits per heavy atom. The van der Waals surface area contributed by atoms with Crippen LogP contribution in [0.1, 0.15) is 23.7 Å². The van der Waals surface area contributed by atoms with E-state index < -0.39 is 0 Å². The van der Waals surface area contributed by atoms with Crippen molar-refractivity contribution in [3.05, 3.63) is 24.2 Å². The predicted octanol–water partition coefficient (Wildman–Crippen LogP) is 0.630. The Morgan fingerprint density at radius 2 is 2.41 bits per heavy atom. The van der Waals surface area contributed by atoms with Gasteiger partial charge < -0.3 is 14.6 Å². The van der Waals surface area contributed by atoms with Crippen LogP contribution in [0, 0.1) is 5.92 Å². The first-order chi connectivity index (χ1) is 8.11. The number of nitrogens with zero attached hydrogens (tertiary/aromatic N) is 1. The number of likely N-dealkylation sites (tertiary alicyclic amines) is 1. The maximum Gasteiger partial charge on any atom is 0.255 e. The second kappa shape index (κ2) is 3.35. The standard InChI is InChI=1S/C12H14N2O3/c1-8(15)14-5-10-4-12(10,7-14)13-11(16)9-2-3-17-6-9/h2-3,6,10H,4-5,7H2,1H3,(H,13,16)/t10-,12-/m0/s1. The largest absolute Gasteiger partial charge is 0.472 e. The highest BCUT2D eigenvalue weighted by molar-refractivity contribution is 5.94. The molecule has 90 valence electrons. The van der Waals surface area contributed by atoms with Crippen LogP contribution in [0.25, 0.3) is 0 Å². The molecule has 1 N–H and O–H groups in total. The number of rotatable bonds is 2. The smallest absolute Gasteiger partial charge is 0.255 e. The summed E-state index contributed by atoms with van der Waals surface area (Å²) in [6.45, 7) is 2.97. The van der Waals surface area contributed by atoms with Crippen LogP contribution in [0.15, 0.2) is 23.0 Å². The molecule has 1 aliphatic carbocycles. The molecule has 3 rings (SSSR count). The van der Waals surface area contributed by atoms with Gasteiger partial charge in [0.05, 0.1) is 17.4 Å². The lowest BCUT2D eigenvalue weighted by molar-refractivity contribution is -0.128. The van der Waals surface area contributed by atoms with Crippen molar-refractivity contribution in [2.24, 2.45) is 5.92 Å². The third-order valence-electron chi connectivity index (χ3n) is 3.74. The molecule has 2 heterocycles. The van der Waals surface area contributed by atoms with Gasteiger partial charge in [-0.1, -0.05) is 0 Å². The molecular weight excluding hydrogens is 220 g/mol. The van der Waals surface area contributed by atoms with Gasteiger partial charge in [-0.25, -0.2) is 0 Å². The topological polar surface area (TPSA) is 62.6 Å². The Labute approximate surface area is 98.8 Å². The first-order valence-electron chi connectivity index (χ1n) is 5.71. The van der Waals surface area contributed by atoms with E-state index in [2.05, 4.69) is 5.32 Å². The number of carbonyl (C=O) groups excluding carboxylic acids is 2. The molecule has 1 aliphatic heterocycles. The minimum Gasteiger partial charge on any atom is -0.472 e. The number of piperidine rings is 1. The van der Waals surface area contributed by atoms with E-state index in [4.69, 9.17) is 4.42 Å². The van der Waals surface area contributed by atoms with Gasteiger partial charge in [0, 0.05) is 25.9 Å². The van der Waals surface area contributed by atoms with Gasteiger partial charge >= 0.3 is 0 Å². The van der Waals surface area contributed by atoms with E-state index in [1.807, 2.05) is 0 Å². The third-order valence-corrected chi connectivity index (χ3v) is 3.74. The summed E-state index contributed by atoms with van der Waals surface area (Å²) < 4.78 is 4.88. The second-order valence-corrected chi connectivity index (χ2v) is 4.92. The van der Waals surface area contributed by atoms with Crippen LogP contribution in [0.4, 0.5) is 0 Å². The maximum absolute atomic E-state index is 11.9. The summed E-state index contributed by atoms with van der Waals surface area (Å²) in [6, 6.07) is 1.64. The lowest BCUT2D eigenvalue weighted by Crippen LogP contribution is -2.43. The summed E-state index contributed by atoms with van der Waals surface area (Å²) in [5.74, 6) is 0.378. The molecule has 0 aromatic carbocycles. The van der Waals surface area contributed by atoms with Crippen molar-refractivity contribution in [3.8, 4) is 0 Å². The van der Waals surface area contributed by atoms with E-state index in [9.17, 15) is 9.59 Å². The quantitative estimate of drug-likeness (QED) is 0.816. The Balaban J connectivity index is 1.68. The van der Waals surface area contributed by atoms with Crippen LogP contribution in [0.2, 0.25) is 0 Å². The van der Waals surface area contributed by atoms with Crippen LogP contribution < -0.4 is 5.32 Å². The van der Waals surface area contributed by atoms with Gasteiger partial charge in [-0.15, -0.1) is 0 Å². The predicted molar refractivity (Wildman–Crippen MR) is 59.3 cm³/mol. The molecule has 2 fully saturated rings. The Hall–Kier alpha value is -1.78. The highest BCUT2D eigenvalue weighted by Gasteiger charge is 2.61. The second-order valence-electron chi connectivity index (χ2n) is 4.92. The molecule has 2 amide bonds. The number of nitrogens with one attached hydrogen (secondary N) is 1. The van der Waals surface area contributed by atoms with Gasteiger partial charge in [-0.05, 0) is 12.5 Å². The Bertz CT molecular complexity index is 468. The summed E-state index contributed by atoms with van der Waals surface area (Å²) in [5, 5.41) is 3.02. The Morgan fingerprint density at radius 3 is 3.00 bits per heavy atom. The molecule has 0 bridgehead atoms. The van der Waals surface area contributed by atoms with Crippen LogP contribution in [0.5, 0.6) is 0 Å². The SMILES string of the molecule is CC(=O)N1C[C@@H]2C[C@]2(NC(=O)c2ccoc2)C1. The molecule has 2 atom stereocenters. The number of amides is 2. The van der Waals surface area contributed by atoms with Gasteiger partial charge in [0.15, 0.2) is 0 Å². The molecule has 1 aromatic rings. The number of hydrogen-bond acceptors (Lipinski definition) is 3. The molecule has 1 saturated heterocycles. The number of fused-ring (bicyclic) bond motifs is 1. The monoisotopic (exact) mass is 234 g/mol. The molecule has 1 aromatic heterocycles. The average Bonchev–Trinajstić information content (AvgIpc) is 2.76. The molecule has 17 heavy (non-hydrogen) atoms. The summed E-state index contributed by atoms with van der Waals surface area (Å²) in [5.41, 5.74) is 0.353. The molecule has 5 heteroatoms. The first kappa shape index (κ1) is 10.4. The zero-order valence-corrected chi connectivity index (χ0v) is 9.60. The van der Waals surface area contributed by atoms with Gasteiger partial charge in [0.25, 0.3) is 5.91 Å². The van der Waals surface area contributed by atoms with Crippen LogP contribution in [-0.2, 0) is 4.79 Å². The molecule has 0 radical (unpaired) electrons. The molecule has 1 saturated carbocycles. The van der Waals surface area contributed by atoms with E-state index >= 15 is 0 Å². The van der Waals surface area contributed by atoms with Crippen molar-refractivity contribution in [3.63, 3.8) is 0 Å².